The first-order valence-corrected chi connectivity index (χ1v) is 18.2. The zero-order chi connectivity index (χ0) is 28.7. The van der Waals surface area contributed by atoms with E-state index in [1.165, 1.54) is 186 Å². The summed E-state index contributed by atoms with van der Waals surface area (Å²) in [6.45, 7) is 10.4. The molecule has 3 rings (SSSR count). The first-order chi connectivity index (χ1) is 19.8. The third kappa shape index (κ3) is 24.0. The molecule has 0 aromatic rings. The number of ether oxygens (including phenoxy) is 2. The second-order valence-electron chi connectivity index (χ2n) is 13.2. The summed E-state index contributed by atoms with van der Waals surface area (Å²) in [5.74, 6) is 0. The maximum atomic E-state index is 5.80. The molecule has 0 spiro atoms. The van der Waals surface area contributed by atoms with Gasteiger partial charge in [0.1, 0.15) is 0 Å². The molecule has 0 aliphatic heterocycles. The van der Waals surface area contributed by atoms with Crippen molar-refractivity contribution in [2.24, 2.45) is 5.41 Å². The second-order valence-corrected chi connectivity index (χ2v) is 13.2. The van der Waals surface area contributed by atoms with Crippen LogP contribution < -0.4 is 0 Å². The Labute approximate surface area is 252 Å². The molecule has 3 aliphatic rings. The minimum atomic E-state index is 0.198. The van der Waals surface area contributed by atoms with Crippen LogP contribution in [0.25, 0.3) is 0 Å². The highest BCUT2D eigenvalue weighted by atomic mass is 16.5. The second kappa shape index (κ2) is 29.9. The van der Waals surface area contributed by atoms with E-state index in [0.717, 1.165) is 13.2 Å². The van der Waals surface area contributed by atoms with Crippen LogP contribution in [0.5, 0.6) is 0 Å². The standard InChI is InChI=1S/C18H32O2.2C10H20/c1-3-14-19-16-18(17-20-15-4-2)12-10-8-6-5-7-9-11-13-18;2*1-2-4-6-8-10-9-7-5-3-1/h3-4H,1-2,5-17H2;2*1-10H2. The van der Waals surface area contributed by atoms with Crippen molar-refractivity contribution in [1.82, 2.24) is 0 Å². The van der Waals surface area contributed by atoms with E-state index in [4.69, 9.17) is 9.47 Å². The van der Waals surface area contributed by atoms with Crippen molar-refractivity contribution in [3.05, 3.63) is 25.3 Å². The van der Waals surface area contributed by atoms with Gasteiger partial charge >= 0.3 is 0 Å². The average Bonchev–Trinajstić information content (AvgIpc) is 2.99. The fourth-order valence-corrected chi connectivity index (χ4v) is 6.59. The van der Waals surface area contributed by atoms with Crippen molar-refractivity contribution in [2.45, 2.75) is 186 Å². The lowest BCUT2D eigenvalue weighted by atomic mass is 9.78. The van der Waals surface area contributed by atoms with E-state index in [2.05, 4.69) is 13.2 Å². The summed E-state index contributed by atoms with van der Waals surface area (Å²) in [5, 5.41) is 0. The molecule has 0 aromatic heterocycles. The minimum Gasteiger partial charge on any atom is -0.377 e. The van der Waals surface area contributed by atoms with Gasteiger partial charge in [-0.05, 0) is 12.8 Å². The molecule has 0 N–H and O–H groups in total. The Morgan fingerprint density at radius 1 is 0.350 bits per heavy atom. The molecular formula is C38H72O2. The molecule has 0 radical (unpaired) electrons. The van der Waals surface area contributed by atoms with Gasteiger partial charge in [0.25, 0.3) is 0 Å². The van der Waals surface area contributed by atoms with Crippen LogP contribution in [0, 0.1) is 5.41 Å². The Morgan fingerprint density at radius 3 is 0.750 bits per heavy atom. The zero-order valence-corrected chi connectivity index (χ0v) is 27.2. The van der Waals surface area contributed by atoms with Crippen molar-refractivity contribution in [3.8, 4) is 0 Å². The molecule has 3 saturated carbocycles. The zero-order valence-electron chi connectivity index (χ0n) is 27.2. The summed E-state index contributed by atoms with van der Waals surface area (Å²) >= 11 is 0. The smallest absolute Gasteiger partial charge is 0.0645 e. The molecule has 3 aliphatic carbocycles. The van der Waals surface area contributed by atoms with Crippen LogP contribution in [-0.4, -0.2) is 26.4 Å². The highest BCUT2D eigenvalue weighted by Crippen LogP contribution is 2.34. The van der Waals surface area contributed by atoms with E-state index < -0.39 is 0 Å². The Balaban J connectivity index is 0.000000333. The number of rotatable bonds is 8. The normalized spacial score (nSPS) is 22.1. The van der Waals surface area contributed by atoms with E-state index >= 15 is 0 Å². The Hall–Kier alpha value is -0.600. The lowest BCUT2D eigenvalue weighted by molar-refractivity contribution is -0.0225. The van der Waals surface area contributed by atoms with E-state index in [1.54, 1.807) is 0 Å². The third-order valence-electron chi connectivity index (χ3n) is 9.20. The van der Waals surface area contributed by atoms with Crippen LogP contribution in [0.4, 0.5) is 0 Å². The van der Waals surface area contributed by atoms with E-state index in [0.29, 0.717) is 13.2 Å². The summed E-state index contributed by atoms with van der Waals surface area (Å²) in [5.41, 5.74) is 0.198. The van der Waals surface area contributed by atoms with Gasteiger partial charge in [0.2, 0.25) is 0 Å². The molecule has 0 amide bonds. The van der Waals surface area contributed by atoms with Gasteiger partial charge in [-0.25, -0.2) is 0 Å². The summed E-state index contributed by atoms with van der Waals surface area (Å²) in [7, 11) is 0. The Bertz CT molecular complexity index is 415. The molecule has 2 nitrogen and oxygen atoms in total. The van der Waals surface area contributed by atoms with Gasteiger partial charge in [-0.3, -0.25) is 0 Å². The summed E-state index contributed by atoms with van der Waals surface area (Å²) < 4.78 is 11.6. The van der Waals surface area contributed by atoms with Gasteiger partial charge in [-0.15, -0.1) is 13.2 Å². The van der Waals surface area contributed by atoms with Crippen LogP contribution >= 0.6 is 0 Å². The summed E-state index contributed by atoms with van der Waals surface area (Å²) in [6.07, 6.45) is 45.6. The summed E-state index contributed by atoms with van der Waals surface area (Å²) in [4.78, 5) is 0. The van der Waals surface area contributed by atoms with Crippen LogP contribution in [0.3, 0.4) is 0 Å². The molecule has 0 saturated heterocycles. The lowest BCUT2D eigenvalue weighted by Gasteiger charge is -2.34. The van der Waals surface area contributed by atoms with Gasteiger partial charge in [-0.2, -0.15) is 0 Å². The molecule has 40 heavy (non-hydrogen) atoms. The number of hydrogen-bond donors (Lipinski definition) is 0. The molecule has 0 atom stereocenters. The Kier molecular flexibility index (Phi) is 28.0. The van der Waals surface area contributed by atoms with Gasteiger partial charge < -0.3 is 9.47 Å². The van der Waals surface area contributed by atoms with Crippen LogP contribution in [0.2, 0.25) is 0 Å². The highest BCUT2D eigenvalue weighted by molar-refractivity contribution is 4.81. The highest BCUT2D eigenvalue weighted by Gasteiger charge is 2.30. The predicted molar refractivity (Wildman–Crippen MR) is 178 cm³/mol. The largest absolute Gasteiger partial charge is 0.377 e. The third-order valence-corrected chi connectivity index (χ3v) is 9.20. The number of hydrogen-bond acceptors (Lipinski definition) is 2. The van der Waals surface area contributed by atoms with Crippen LogP contribution in [-0.2, 0) is 9.47 Å². The minimum absolute atomic E-state index is 0.198. The van der Waals surface area contributed by atoms with E-state index in [9.17, 15) is 0 Å². The van der Waals surface area contributed by atoms with Gasteiger partial charge in [-0.1, -0.05) is 186 Å². The molecule has 236 valence electrons. The topological polar surface area (TPSA) is 18.5 Å². The Morgan fingerprint density at radius 2 is 0.550 bits per heavy atom. The van der Waals surface area contributed by atoms with Crippen molar-refractivity contribution in [1.29, 1.82) is 0 Å². The van der Waals surface area contributed by atoms with Crippen LogP contribution in [0.15, 0.2) is 25.3 Å². The molecule has 3 fully saturated rings. The molecule has 0 heterocycles. The first-order valence-electron chi connectivity index (χ1n) is 18.2. The predicted octanol–water partition coefficient (Wildman–Crippen LogP) is 12.7. The van der Waals surface area contributed by atoms with Crippen LogP contribution in [0.1, 0.15) is 186 Å². The average molecular weight is 561 g/mol. The fourth-order valence-electron chi connectivity index (χ4n) is 6.59. The quantitative estimate of drug-likeness (QED) is 0.217. The summed E-state index contributed by atoms with van der Waals surface area (Å²) in [6, 6.07) is 0. The monoisotopic (exact) mass is 561 g/mol. The first kappa shape index (κ1) is 37.4. The van der Waals surface area contributed by atoms with Gasteiger partial charge in [0.15, 0.2) is 0 Å². The molecular weight excluding hydrogens is 488 g/mol. The van der Waals surface area contributed by atoms with Crippen molar-refractivity contribution in [3.63, 3.8) is 0 Å². The van der Waals surface area contributed by atoms with E-state index in [-0.39, 0.29) is 5.41 Å². The van der Waals surface area contributed by atoms with E-state index in [1.807, 2.05) is 12.2 Å². The lowest BCUT2D eigenvalue weighted by Crippen LogP contribution is -2.33. The van der Waals surface area contributed by atoms with Crippen molar-refractivity contribution < 1.29 is 9.47 Å². The maximum Gasteiger partial charge on any atom is 0.0645 e. The molecule has 0 aromatic carbocycles. The fraction of sp³-hybridized carbons (Fsp3) is 0.895. The molecule has 0 unspecified atom stereocenters. The van der Waals surface area contributed by atoms with Crippen molar-refractivity contribution >= 4 is 0 Å². The SMILES string of the molecule is C1CCCCCCCCC1.C1CCCCCCCCC1.C=CCOCC1(COCC=C)CCCCCCCCC1. The van der Waals surface area contributed by atoms with Gasteiger partial charge in [0.05, 0.1) is 26.4 Å². The van der Waals surface area contributed by atoms with Gasteiger partial charge in [0, 0.05) is 5.41 Å². The maximum absolute atomic E-state index is 5.80. The molecule has 0 bridgehead atoms. The van der Waals surface area contributed by atoms with Crippen molar-refractivity contribution in [2.75, 3.05) is 26.4 Å². The molecule has 2 heteroatoms.